The molecular formula is C15H26P2. The summed E-state index contributed by atoms with van der Waals surface area (Å²) in [4.78, 5) is 0. The third-order valence-corrected chi connectivity index (χ3v) is 6.56. The van der Waals surface area contributed by atoms with E-state index in [1.54, 1.807) is 5.30 Å². The maximum atomic E-state index is 2.43. The van der Waals surface area contributed by atoms with Crippen LogP contribution in [0, 0.1) is 0 Å². The summed E-state index contributed by atoms with van der Waals surface area (Å²) in [5.41, 5.74) is 1.74. The van der Waals surface area contributed by atoms with E-state index >= 15 is 0 Å². The Morgan fingerprint density at radius 3 is 2.18 bits per heavy atom. The minimum absolute atomic E-state index is 0.0447. The Kier molecular flexibility index (Phi) is 5.62. The standard InChI is InChI=1S/C15H26P2/c1-15(2,3)13-8-7-9-14(12-13)17(6)11-10-16(4)5/h7-9,12H,10-11H2,1-6H3. The largest absolute Gasteiger partial charge is 0.113 e. The Hall–Kier alpha value is 0.0800. The van der Waals surface area contributed by atoms with Crippen LogP contribution in [0.5, 0.6) is 0 Å². The zero-order valence-electron chi connectivity index (χ0n) is 12.1. The van der Waals surface area contributed by atoms with Crippen molar-refractivity contribution in [3.8, 4) is 0 Å². The molecule has 0 saturated carbocycles. The van der Waals surface area contributed by atoms with Gasteiger partial charge in [-0.3, -0.25) is 0 Å². The molecule has 96 valence electrons. The van der Waals surface area contributed by atoms with Crippen LogP contribution in [0.1, 0.15) is 26.3 Å². The maximum Gasteiger partial charge on any atom is -0.0132 e. The van der Waals surface area contributed by atoms with E-state index in [9.17, 15) is 0 Å². The summed E-state index contributed by atoms with van der Waals surface area (Å²) in [5, 5.41) is 1.57. The van der Waals surface area contributed by atoms with Gasteiger partial charge in [-0.25, -0.2) is 0 Å². The van der Waals surface area contributed by atoms with Crippen molar-refractivity contribution >= 4 is 21.1 Å². The van der Waals surface area contributed by atoms with Crippen LogP contribution in [0.15, 0.2) is 24.3 Å². The highest BCUT2D eigenvalue weighted by Gasteiger charge is 2.15. The molecule has 0 radical (unpaired) electrons. The van der Waals surface area contributed by atoms with E-state index in [0.717, 1.165) is 0 Å². The maximum absolute atomic E-state index is 2.43. The Labute approximate surface area is 110 Å². The fourth-order valence-corrected chi connectivity index (χ4v) is 5.45. The minimum Gasteiger partial charge on any atom is -0.113 e. The average Bonchev–Trinajstić information content (AvgIpc) is 2.25. The van der Waals surface area contributed by atoms with E-state index in [0.29, 0.717) is 0 Å². The Morgan fingerprint density at radius 1 is 1.00 bits per heavy atom. The fourth-order valence-electron chi connectivity index (χ4n) is 1.69. The van der Waals surface area contributed by atoms with Crippen molar-refractivity contribution in [1.29, 1.82) is 0 Å². The monoisotopic (exact) mass is 268 g/mol. The molecule has 0 aliphatic carbocycles. The number of benzene rings is 1. The zero-order valence-corrected chi connectivity index (χ0v) is 13.9. The molecule has 0 saturated heterocycles. The van der Waals surface area contributed by atoms with E-state index in [-0.39, 0.29) is 21.3 Å². The molecule has 0 spiro atoms. The van der Waals surface area contributed by atoms with Gasteiger partial charge in [0.1, 0.15) is 0 Å². The van der Waals surface area contributed by atoms with Gasteiger partial charge in [0.2, 0.25) is 0 Å². The van der Waals surface area contributed by atoms with Gasteiger partial charge in [-0.2, -0.15) is 0 Å². The lowest BCUT2D eigenvalue weighted by molar-refractivity contribution is 0.591. The van der Waals surface area contributed by atoms with Crippen LogP contribution in [-0.4, -0.2) is 32.3 Å². The summed E-state index contributed by atoms with van der Waals surface area (Å²) in [7, 11) is 0.307. The SMILES string of the molecule is CP(C)CCP(C)c1cccc(C(C)(C)C)c1. The summed E-state index contributed by atoms with van der Waals surface area (Å²) in [6.45, 7) is 14.1. The second kappa shape index (κ2) is 6.31. The van der Waals surface area contributed by atoms with Crippen molar-refractivity contribution in [1.82, 2.24) is 0 Å². The predicted molar refractivity (Wildman–Crippen MR) is 86.1 cm³/mol. The zero-order chi connectivity index (χ0) is 13.1. The molecule has 1 aromatic carbocycles. The van der Waals surface area contributed by atoms with Crippen molar-refractivity contribution in [3.05, 3.63) is 29.8 Å². The molecule has 0 fully saturated rings. The lowest BCUT2D eigenvalue weighted by Gasteiger charge is -2.22. The molecule has 0 amide bonds. The minimum atomic E-state index is 0.0447. The lowest BCUT2D eigenvalue weighted by Crippen LogP contribution is -2.14. The van der Waals surface area contributed by atoms with Gasteiger partial charge in [0, 0.05) is 0 Å². The second-order valence-electron chi connectivity index (χ2n) is 6.03. The molecule has 1 unspecified atom stereocenters. The van der Waals surface area contributed by atoms with E-state index in [1.165, 1.54) is 17.9 Å². The molecule has 1 rings (SSSR count). The molecule has 0 heterocycles. The summed E-state index contributed by atoms with van der Waals surface area (Å²) < 4.78 is 0. The smallest absolute Gasteiger partial charge is 0.0132 e. The van der Waals surface area contributed by atoms with Gasteiger partial charge >= 0.3 is 0 Å². The molecule has 0 aromatic heterocycles. The molecule has 17 heavy (non-hydrogen) atoms. The third-order valence-electron chi connectivity index (χ3n) is 3.04. The van der Waals surface area contributed by atoms with Gasteiger partial charge in [0.05, 0.1) is 0 Å². The van der Waals surface area contributed by atoms with E-state index in [4.69, 9.17) is 0 Å². The molecule has 0 aliphatic rings. The van der Waals surface area contributed by atoms with Crippen LogP contribution in [0.25, 0.3) is 0 Å². The van der Waals surface area contributed by atoms with E-state index < -0.39 is 0 Å². The van der Waals surface area contributed by atoms with Crippen LogP contribution in [0.2, 0.25) is 0 Å². The van der Waals surface area contributed by atoms with Crippen molar-refractivity contribution in [2.45, 2.75) is 26.2 Å². The highest BCUT2D eigenvalue weighted by molar-refractivity contribution is 7.66. The van der Waals surface area contributed by atoms with Crippen molar-refractivity contribution in [2.75, 3.05) is 32.3 Å². The van der Waals surface area contributed by atoms with Gasteiger partial charge in [-0.1, -0.05) is 53.0 Å². The molecule has 0 N–H and O–H groups in total. The normalized spacial score (nSPS) is 14.1. The Morgan fingerprint density at radius 2 is 1.65 bits per heavy atom. The van der Waals surface area contributed by atoms with Gasteiger partial charge in [-0.05, 0) is 48.6 Å². The summed E-state index contributed by atoms with van der Waals surface area (Å²) in [6, 6.07) is 9.24. The fraction of sp³-hybridized carbons (Fsp3) is 0.600. The van der Waals surface area contributed by atoms with Gasteiger partial charge in [0.25, 0.3) is 0 Å². The lowest BCUT2D eigenvalue weighted by atomic mass is 9.87. The summed E-state index contributed by atoms with van der Waals surface area (Å²) in [5.74, 6) is 0. The number of rotatable bonds is 4. The Bertz CT molecular complexity index is 350. The first-order valence-electron chi connectivity index (χ1n) is 6.27. The predicted octanol–water partition coefficient (Wildman–Crippen LogP) is 4.46. The average molecular weight is 268 g/mol. The molecule has 2 heteroatoms. The first-order chi connectivity index (χ1) is 7.80. The molecule has 1 atom stereocenters. The van der Waals surface area contributed by atoms with Crippen LogP contribution >= 0.6 is 15.8 Å². The number of hydrogen-bond donors (Lipinski definition) is 0. The van der Waals surface area contributed by atoms with Crippen molar-refractivity contribution in [2.24, 2.45) is 0 Å². The van der Waals surface area contributed by atoms with Crippen molar-refractivity contribution < 1.29 is 0 Å². The van der Waals surface area contributed by atoms with Crippen LogP contribution in [-0.2, 0) is 5.41 Å². The molecule has 0 aliphatic heterocycles. The first-order valence-corrected chi connectivity index (χ1v) is 10.7. The van der Waals surface area contributed by atoms with E-state index in [1.807, 2.05) is 0 Å². The quantitative estimate of drug-likeness (QED) is 0.707. The number of hydrogen-bond acceptors (Lipinski definition) is 0. The van der Waals surface area contributed by atoms with Gasteiger partial charge in [0.15, 0.2) is 0 Å². The summed E-state index contributed by atoms with van der Waals surface area (Å²) in [6.07, 6.45) is 2.80. The molecule has 1 aromatic rings. The Balaban J connectivity index is 2.77. The highest BCUT2D eigenvalue weighted by atomic mass is 31.1. The molecule has 0 nitrogen and oxygen atoms in total. The second-order valence-corrected chi connectivity index (χ2v) is 11.0. The first kappa shape index (κ1) is 15.1. The van der Waals surface area contributed by atoms with Gasteiger partial charge < -0.3 is 0 Å². The van der Waals surface area contributed by atoms with Crippen LogP contribution < -0.4 is 5.30 Å². The van der Waals surface area contributed by atoms with Crippen LogP contribution in [0.3, 0.4) is 0 Å². The summed E-state index contributed by atoms with van der Waals surface area (Å²) >= 11 is 0. The molecule has 0 bridgehead atoms. The van der Waals surface area contributed by atoms with Crippen molar-refractivity contribution in [3.63, 3.8) is 0 Å². The van der Waals surface area contributed by atoms with Crippen LogP contribution in [0.4, 0.5) is 0 Å². The van der Waals surface area contributed by atoms with Gasteiger partial charge in [-0.15, -0.1) is 7.92 Å². The van der Waals surface area contributed by atoms with E-state index in [2.05, 4.69) is 65.0 Å². The molecular weight excluding hydrogens is 242 g/mol. The highest BCUT2D eigenvalue weighted by Crippen LogP contribution is 2.36. The third kappa shape index (κ3) is 5.07. The topological polar surface area (TPSA) is 0 Å².